The summed E-state index contributed by atoms with van der Waals surface area (Å²) in [5.74, 6) is -0.722. The predicted octanol–water partition coefficient (Wildman–Crippen LogP) is 4.92. The fourth-order valence-corrected chi connectivity index (χ4v) is 2.08. The fraction of sp³-hybridized carbons (Fsp3) is 0.0769. The molecule has 0 N–H and O–H groups in total. The molecule has 7 heteroatoms. The maximum Gasteiger partial charge on any atom is 0.313 e. The van der Waals surface area contributed by atoms with E-state index < -0.39 is 10.7 Å². The van der Waals surface area contributed by atoms with Gasteiger partial charge in [0, 0.05) is 11.6 Å². The number of halogens is 3. The van der Waals surface area contributed by atoms with Crippen LogP contribution < -0.4 is 4.74 Å². The smallest absolute Gasteiger partial charge is 0.313 e. The normalized spacial score (nSPS) is 10.3. The fourth-order valence-electron chi connectivity index (χ4n) is 1.62. The van der Waals surface area contributed by atoms with Crippen molar-refractivity contribution in [1.29, 1.82) is 0 Å². The highest BCUT2D eigenvalue weighted by Crippen LogP contribution is 2.39. The van der Waals surface area contributed by atoms with Crippen molar-refractivity contribution in [3.63, 3.8) is 0 Å². The quantitative estimate of drug-likeness (QED) is 0.457. The first kappa shape index (κ1) is 14.6. The van der Waals surface area contributed by atoms with Crippen molar-refractivity contribution in [2.45, 2.75) is 5.88 Å². The van der Waals surface area contributed by atoms with Crippen LogP contribution in [0.15, 0.2) is 36.4 Å². The number of hydrogen-bond donors (Lipinski definition) is 0. The second-order valence-corrected chi connectivity index (χ2v) is 4.47. The average molecular weight is 316 g/mol. The van der Waals surface area contributed by atoms with Crippen molar-refractivity contribution in [1.82, 2.24) is 0 Å². The number of para-hydroxylation sites is 1. The van der Waals surface area contributed by atoms with Crippen LogP contribution in [-0.4, -0.2) is 4.92 Å². The van der Waals surface area contributed by atoms with Gasteiger partial charge in [-0.05, 0) is 18.2 Å². The van der Waals surface area contributed by atoms with Crippen LogP contribution in [0.2, 0.25) is 5.02 Å². The number of nitrogens with zero attached hydrogens (tertiary/aromatic N) is 1. The van der Waals surface area contributed by atoms with Gasteiger partial charge in [-0.2, -0.15) is 0 Å². The molecule has 0 aliphatic heterocycles. The maximum atomic E-state index is 13.6. The monoisotopic (exact) mass is 315 g/mol. The molecule has 2 aromatic rings. The molecule has 2 aromatic carbocycles. The highest BCUT2D eigenvalue weighted by Gasteiger charge is 2.20. The van der Waals surface area contributed by atoms with E-state index in [0.717, 1.165) is 0 Å². The second-order valence-electron chi connectivity index (χ2n) is 3.80. The minimum atomic E-state index is -0.624. The van der Waals surface area contributed by atoms with E-state index in [2.05, 4.69) is 0 Å². The summed E-state index contributed by atoms with van der Waals surface area (Å²) in [4.78, 5) is 10.3. The summed E-state index contributed by atoms with van der Waals surface area (Å²) in [6.07, 6.45) is 0. The molecule has 0 aliphatic rings. The van der Waals surface area contributed by atoms with Gasteiger partial charge in [0.25, 0.3) is 0 Å². The van der Waals surface area contributed by atoms with Crippen LogP contribution in [-0.2, 0) is 5.88 Å². The van der Waals surface area contributed by atoms with Crippen molar-refractivity contribution < 1.29 is 14.1 Å². The standard InChI is InChI=1S/C13H8Cl2FNO3/c14-7-8-10(16)4-2-6-12(8)20-13-9(15)3-1-5-11(13)17(18)19/h1-6H,7H2. The van der Waals surface area contributed by atoms with Gasteiger partial charge in [0.15, 0.2) is 0 Å². The van der Waals surface area contributed by atoms with Crippen LogP contribution in [0.1, 0.15) is 5.56 Å². The summed E-state index contributed by atoms with van der Waals surface area (Å²) in [5.41, 5.74) is -0.189. The molecule has 0 saturated carbocycles. The SMILES string of the molecule is O=[N+]([O-])c1cccc(Cl)c1Oc1cccc(F)c1CCl. The van der Waals surface area contributed by atoms with E-state index in [9.17, 15) is 14.5 Å². The van der Waals surface area contributed by atoms with Gasteiger partial charge in [0.2, 0.25) is 5.75 Å². The summed E-state index contributed by atoms with van der Waals surface area (Å²) < 4.78 is 19.0. The molecule has 0 aromatic heterocycles. The lowest BCUT2D eigenvalue weighted by Crippen LogP contribution is -1.97. The third kappa shape index (κ3) is 2.84. The molecule has 0 unspecified atom stereocenters. The summed E-state index contributed by atoms with van der Waals surface area (Å²) >= 11 is 11.6. The zero-order valence-electron chi connectivity index (χ0n) is 9.98. The zero-order valence-corrected chi connectivity index (χ0v) is 11.5. The minimum Gasteiger partial charge on any atom is -0.448 e. The van der Waals surface area contributed by atoms with Gasteiger partial charge in [-0.15, -0.1) is 11.6 Å². The topological polar surface area (TPSA) is 52.4 Å². The molecule has 0 radical (unpaired) electrons. The van der Waals surface area contributed by atoms with E-state index in [4.69, 9.17) is 27.9 Å². The number of nitro benzene ring substituents is 1. The van der Waals surface area contributed by atoms with Crippen LogP contribution >= 0.6 is 23.2 Å². The third-order valence-corrected chi connectivity index (χ3v) is 3.13. The minimum absolute atomic E-state index is 0.0592. The van der Waals surface area contributed by atoms with Gasteiger partial charge in [-0.1, -0.05) is 23.7 Å². The van der Waals surface area contributed by atoms with E-state index in [1.54, 1.807) is 0 Å². The number of nitro groups is 1. The Labute approximate surface area is 123 Å². The molecular formula is C13H8Cl2FNO3. The molecule has 2 rings (SSSR count). The van der Waals surface area contributed by atoms with E-state index >= 15 is 0 Å². The number of benzene rings is 2. The van der Waals surface area contributed by atoms with Crippen molar-refractivity contribution in [2.24, 2.45) is 0 Å². The molecule has 0 aliphatic carbocycles. The van der Waals surface area contributed by atoms with Crippen molar-refractivity contribution in [2.75, 3.05) is 0 Å². The Morgan fingerprint density at radius 3 is 2.60 bits per heavy atom. The molecule has 0 heterocycles. The van der Waals surface area contributed by atoms with Gasteiger partial charge in [0.1, 0.15) is 11.6 Å². The highest BCUT2D eigenvalue weighted by molar-refractivity contribution is 6.32. The average Bonchev–Trinajstić information content (AvgIpc) is 2.41. The Kier molecular flexibility index (Phi) is 4.42. The van der Waals surface area contributed by atoms with Crippen LogP contribution in [0.5, 0.6) is 11.5 Å². The van der Waals surface area contributed by atoms with Crippen molar-refractivity contribution in [3.8, 4) is 11.5 Å². The van der Waals surface area contributed by atoms with Crippen LogP contribution in [0.25, 0.3) is 0 Å². The van der Waals surface area contributed by atoms with Gasteiger partial charge in [-0.3, -0.25) is 10.1 Å². The first-order valence-corrected chi connectivity index (χ1v) is 6.40. The predicted molar refractivity (Wildman–Crippen MR) is 74.1 cm³/mol. The van der Waals surface area contributed by atoms with E-state index in [-0.39, 0.29) is 33.7 Å². The van der Waals surface area contributed by atoms with Gasteiger partial charge < -0.3 is 4.74 Å². The first-order valence-electron chi connectivity index (χ1n) is 5.48. The Morgan fingerprint density at radius 1 is 1.25 bits per heavy atom. The first-order chi connectivity index (χ1) is 9.54. The molecule has 0 fully saturated rings. The number of rotatable bonds is 4. The van der Waals surface area contributed by atoms with Crippen LogP contribution in [0.3, 0.4) is 0 Å². The lowest BCUT2D eigenvalue weighted by atomic mass is 10.2. The zero-order chi connectivity index (χ0) is 14.7. The lowest BCUT2D eigenvalue weighted by molar-refractivity contribution is -0.385. The third-order valence-electron chi connectivity index (χ3n) is 2.56. The van der Waals surface area contributed by atoms with Crippen molar-refractivity contribution in [3.05, 3.63) is 62.9 Å². The summed E-state index contributed by atoms with van der Waals surface area (Å²) in [7, 11) is 0. The van der Waals surface area contributed by atoms with E-state index in [1.807, 2.05) is 0 Å². The number of ether oxygens (including phenoxy) is 1. The maximum absolute atomic E-state index is 13.6. The molecule has 0 saturated heterocycles. The largest absolute Gasteiger partial charge is 0.448 e. The highest BCUT2D eigenvalue weighted by atomic mass is 35.5. The molecule has 20 heavy (non-hydrogen) atoms. The molecular weight excluding hydrogens is 308 g/mol. The second kappa shape index (κ2) is 6.07. The number of alkyl halides is 1. The van der Waals surface area contributed by atoms with Gasteiger partial charge in [0.05, 0.1) is 15.8 Å². The number of hydrogen-bond acceptors (Lipinski definition) is 3. The Balaban J connectivity index is 2.50. The van der Waals surface area contributed by atoms with Crippen LogP contribution in [0, 0.1) is 15.9 Å². The Hall–Kier alpha value is -1.85. The molecule has 4 nitrogen and oxygen atoms in total. The molecule has 0 bridgehead atoms. The lowest BCUT2D eigenvalue weighted by Gasteiger charge is -2.11. The summed E-state index contributed by atoms with van der Waals surface area (Å²) in [6.45, 7) is 0. The molecule has 104 valence electrons. The molecule has 0 amide bonds. The Morgan fingerprint density at radius 2 is 1.95 bits per heavy atom. The van der Waals surface area contributed by atoms with Crippen LogP contribution in [0.4, 0.5) is 10.1 Å². The Bertz CT molecular complexity index is 664. The summed E-state index contributed by atoms with van der Waals surface area (Å²) in [6, 6.07) is 8.24. The van der Waals surface area contributed by atoms with Gasteiger partial charge in [-0.25, -0.2) is 4.39 Å². The summed E-state index contributed by atoms with van der Waals surface area (Å²) in [5, 5.41) is 11.0. The van der Waals surface area contributed by atoms with E-state index in [1.165, 1.54) is 36.4 Å². The van der Waals surface area contributed by atoms with Crippen molar-refractivity contribution >= 4 is 28.9 Å². The molecule has 0 atom stereocenters. The van der Waals surface area contributed by atoms with Gasteiger partial charge >= 0.3 is 5.69 Å². The molecule has 0 spiro atoms. The van der Waals surface area contributed by atoms with E-state index in [0.29, 0.717) is 0 Å².